The fraction of sp³-hybridized carbons (Fsp3) is 0.625. The molecule has 0 amide bonds. The number of rotatable bonds is 5. The molecular formula is C16H26N2O2S. The number of sulfone groups is 1. The van der Waals surface area contributed by atoms with Crippen LogP contribution in [0.4, 0.5) is 0 Å². The summed E-state index contributed by atoms with van der Waals surface area (Å²) in [5.41, 5.74) is 6.49. The fourth-order valence-electron chi connectivity index (χ4n) is 3.09. The lowest BCUT2D eigenvalue weighted by molar-refractivity contribution is 0.111. The third-order valence-corrected chi connectivity index (χ3v) is 6.22. The highest BCUT2D eigenvalue weighted by atomic mass is 32.2. The summed E-state index contributed by atoms with van der Waals surface area (Å²) in [6.07, 6.45) is 3.57. The van der Waals surface area contributed by atoms with Crippen LogP contribution < -0.4 is 5.73 Å². The molecule has 1 saturated heterocycles. The predicted octanol–water partition coefficient (Wildman–Crippen LogP) is 2.18. The summed E-state index contributed by atoms with van der Waals surface area (Å²) < 4.78 is 24.9. The van der Waals surface area contributed by atoms with Gasteiger partial charge in [0.25, 0.3) is 0 Å². The molecule has 0 aliphatic carbocycles. The van der Waals surface area contributed by atoms with Crippen molar-refractivity contribution in [3.63, 3.8) is 0 Å². The lowest BCUT2D eigenvalue weighted by Gasteiger charge is -2.38. The molecule has 0 spiro atoms. The van der Waals surface area contributed by atoms with Gasteiger partial charge in [-0.3, -0.25) is 4.90 Å². The van der Waals surface area contributed by atoms with Crippen LogP contribution in [0, 0.1) is 0 Å². The standard InChI is InChI=1S/C16H26N2O2S/c1-13-4-3-5-14(2)18(13)10-11-21(19,20)16-8-6-15(12-17)7-9-16/h6-9,13-14H,3-5,10-12,17H2,1-2H3. The number of piperidine rings is 1. The first-order valence-electron chi connectivity index (χ1n) is 7.71. The maximum Gasteiger partial charge on any atom is 0.179 e. The van der Waals surface area contributed by atoms with Gasteiger partial charge < -0.3 is 5.73 Å². The molecule has 1 aliphatic heterocycles. The average molecular weight is 310 g/mol. The van der Waals surface area contributed by atoms with Crippen molar-refractivity contribution in [1.82, 2.24) is 4.90 Å². The molecule has 0 aromatic heterocycles. The van der Waals surface area contributed by atoms with E-state index in [1.54, 1.807) is 24.3 Å². The third-order valence-electron chi connectivity index (χ3n) is 4.51. The van der Waals surface area contributed by atoms with E-state index >= 15 is 0 Å². The Kier molecular flexibility index (Phi) is 5.41. The van der Waals surface area contributed by atoms with Gasteiger partial charge in [-0.05, 0) is 44.4 Å². The maximum absolute atomic E-state index is 12.4. The van der Waals surface area contributed by atoms with Crippen molar-refractivity contribution in [1.29, 1.82) is 0 Å². The monoisotopic (exact) mass is 310 g/mol. The van der Waals surface area contributed by atoms with Crippen molar-refractivity contribution in [3.05, 3.63) is 29.8 Å². The van der Waals surface area contributed by atoms with Crippen molar-refractivity contribution in [2.75, 3.05) is 12.3 Å². The van der Waals surface area contributed by atoms with Gasteiger partial charge in [0.1, 0.15) is 0 Å². The zero-order chi connectivity index (χ0) is 15.5. The number of nitrogens with two attached hydrogens (primary N) is 1. The van der Waals surface area contributed by atoms with Crippen LogP contribution in [-0.4, -0.2) is 37.7 Å². The van der Waals surface area contributed by atoms with E-state index in [-0.39, 0.29) is 5.75 Å². The number of hydrogen-bond acceptors (Lipinski definition) is 4. The molecule has 5 heteroatoms. The molecule has 0 bridgehead atoms. The zero-order valence-corrected chi connectivity index (χ0v) is 13.8. The summed E-state index contributed by atoms with van der Waals surface area (Å²) >= 11 is 0. The fourth-order valence-corrected chi connectivity index (χ4v) is 4.33. The summed E-state index contributed by atoms with van der Waals surface area (Å²) in [6, 6.07) is 7.87. The van der Waals surface area contributed by atoms with E-state index in [2.05, 4.69) is 18.7 Å². The van der Waals surface area contributed by atoms with Crippen molar-refractivity contribution in [2.45, 2.75) is 56.6 Å². The highest BCUT2D eigenvalue weighted by Gasteiger charge is 2.26. The molecule has 4 nitrogen and oxygen atoms in total. The normalized spacial score (nSPS) is 24.1. The van der Waals surface area contributed by atoms with Gasteiger partial charge in [0.15, 0.2) is 9.84 Å². The Morgan fingerprint density at radius 1 is 1.14 bits per heavy atom. The second-order valence-corrected chi connectivity index (χ2v) is 8.14. The molecule has 2 unspecified atom stereocenters. The summed E-state index contributed by atoms with van der Waals surface area (Å²) in [6.45, 7) is 5.43. The van der Waals surface area contributed by atoms with E-state index in [1.165, 1.54) is 6.42 Å². The average Bonchev–Trinajstić information content (AvgIpc) is 2.47. The molecule has 1 aromatic carbocycles. The molecule has 1 aliphatic rings. The Bertz CT molecular complexity index is 544. The third kappa shape index (κ3) is 4.05. The Hall–Kier alpha value is -0.910. The quantitative estimate of drug-likeness (QED) is 0.905. The van der Waals surface area contributed by atoms with E-state index in [0.717, 1.165) is 18.4 Å². The van der Waals surface area contributed by atoms with Crippen molar-refractivity contribution < 1.29 is 8.42 Å². The minimum Gasteiger partial charge on any atom is -0.326 e. The summed E-state index contributed by atoms with van der Waals surface area (Å²) in [4.78, 5) is 2.73. The predicted molar refractivity (Wildman–Crippen MR) is 85.9 cm³/mol. The first-order chi connectivity index (χ1) is 9.94. The van der Waals surface area contributed by atoms with Crippen LogP contribution >= 0.6 is 0 Å². The molecule has 0 radical (unpaired) electrons. The summed E-state index contributed by atoms with van der Waals surface area (Å²) in [5.74, 6) is 0.184. The Morgan fingerprint density at radius 2 is 1.71 bits per heavy atom. The second kappa shape index (κ2) is 6.90. The van der Waals surface area contributed by atoms with E-state index < -0.39 is 9.84 Å². The molecule has 2 N–H and O–H groups in total. The van der Waals surface area contributed by atoms with Crippen molar-refractivity contribution >= 4 is 9.84 Å². The van der Waals surface area contributed by atoms with E-state index in [0.29, 0.717) is 30.1 Å². The van der Waals surface area contributed by atoms with Crippen LogP contribution in [0.3, 0.4) is 0 Å². The van der Waals surface area contributed by atoms with Crippen LogP contribution in [0.2, 0.25) is 0 Å². The molecule has 1 fully saturated rings. The minimum atomic E-state index is -3.21. The first-order valence-corrected chi connectivity index (χ1v) is 9.37. The van der Waals surface area contributed by atoms with Crippen molar-refractivity contribution in [2.24, 2.45) is 5.73 Å². The lowest BCUT2D eigenvalue weighted by atomic mass is 9.98. The van der Waals surface area contributed by atoms with Gasteiger partial charge in [0, 0.05) is 25.2 Å². The highest BCUT2D eigenvalue weighted by Crippen LogP contribution is 2.23. The highest BCUT2D eigenvalue weighted by molar-refractivity contribution is 7.91. The van der Waals surface area contributed by atoms with Gasteiger partial charge in [-0.2, -0.15) is 0 Å². The second-order valence-electron chi connectivity index (χ2n) is 6.03. The molecule has 2 rings (SSSR count). The molecule has 1 aromatic rings. The van der Waals surface area contributed by atoms with Gasteiger partial charge in [-0.15, -0.1) is 0 Å². The molecular weight excluding hydrogens is 284 g/mol. The number of benzene rings is 1. The van der Waals surface area contributed by atoms with Crippen LogP contribution in [0.5, 0.6) is 0 Å². The largest absolute Gasteiger partial charge is 0.326 e. The Labute approximate surface area is 128 Å². The topological polar surface area (TPSA) is 63.4 Å². The van der Waals surface area contributed by atoms with E-state index in [4.69, 9.17) is 5.73 Å². The Balaban J connectivity index is 2.03. The van der Waals surface area contributed by atoms with E-state index in [9.17, 15) is 8.42 Å². The van der Waals surface area contributed by atoms with Gasteiger partial charge in [0.2, 0.25) is 0 Å². The maximum atomic E-state index is 12.4. The summed E-state index contributed by atoms with van der Waals surface area (Å²) in [5, 5.41) is 0. The SMILES string of the molecule is CC1CCCC(C)N1CCS(=O)(=O)c1ccc(CN)cc1. The number of likely N-dealkylation sites (tertiary alicyclic amines) is 1. The van der Waals surface area contributed by atoms with Crippen LogP contribution in [0.25, 0.3) is 0 Å². The van der Waals surface area contributed by atoms with Gasteiger partial charge in [-0.1, -0.05) is 18.6 Å². The molecule has 2 atom stereocenters. The van der Waals surface area contributed by atoms with Crippen molar-refractivity contribution in [3.8, 4) is 0 Å². The molecule has 21 heavy (non-hydrogen) atoms. The van der Waals surface area contributed by atoms with Crippen LogP contribution in [-0.2, 0) is 16.4 Å². The Morgan fingerprint density at radius 3 is 2.24 bits per heavy atom. The van der Waals surface area contributed by atoms with Crippen LogP contribution in [0.1, 0.15) is 38.7 Å². The minimum absolute atomic E-state index is 0.184. The van der Waals surface area contributed by atoms with Gasteiger partial charge in [-0.25, -0.2) is 8.42 Å². The number of hydrogen-bond donors (Lipinski definition) is 1. The number of nitrogens with zero attached hydrogens (tertiary/aromatic N) is 1. The van der Waals surface area contributed by atoms with Gasteiger partial charge in [0.05, 0.1) is 10.6 Å². The lowest BCUT2D eigenvalue weighted by Crippen LogP contribution is -2.45. The smallest absolute Gasteiger partial charge is 0.179 e. The molecule has 0 saturated carbocycles. The zero-order valence-electron chi connectivity index (χ0n) is 13.0. The molecule has 118 valence electrons. The first kappa shape index (κ1) is 16.5. The molecule has 1 heterocycles. The van der Waals surface area contributed by atoms with Crippen LogP contribution in [0.15, 0.2) is 29.2 Å². The van der Waals surface area contributed by atoms with Gasteiger partial charge >= 0.3 is 0 Å². The summed E-state index contributed by atoms with van der Waals surface area (Å²) in [7, 11) is -3.21. The van der Waals surface area contributed by atoms with E-state index in [1.807, 2.05) is 0 Å².